The Morgan fingerprint density at radius 1 is 1.25 bits per heavy atom. The van der Waals surface area contributed by atoms with Gasteiger partial charge in [-0.2, -0.15) is 0 Å². The summed E-state index contributed by atoms with van der Waals surface area (Å²) in [7, 11) is 1.47. The van der Waals surface area contributed by atoms with Gasteiger partial charge in [0.05, 0.1) is 0 Å². The number of nitrogens with zero attached hydrogens (tertiary/aromatic N) is 1. The van der Waals surface area contributed by atoms with E-state index in [9.17, 15) is 15.0 Å². The number of furan rings is 1. The van der Waals surface area contributed by atoms with E-state index in [4.69, 9.17) is 16.0 Å². The van der Waals surface area contributed by atoms with Crippen molar-refractivity contribution in [2.75, 3.05) is 11.9 Å². The molecular weight excluding hydrogens is 282 g/mol. The number of amides is 1. The second-order valence-electron chi connectivity index (χ2n) is 4.25. The molecule has 0 aliphatic carbocycles. The first-order chi connectivity index (χ1) is 9.45. The summed E-state index contributed by atoms with van der Waals surface area (Å²) in [6.45, 7) is 1.69. The number of hydrogen-bond acceptors (Lipinski definition) is 4. The van der Waals surface area contributed by atoms with Crippen LogP contribution < -0.4 is 4.90 Å². The molecule has 1 aromatic heterocycles. The number of carbonyl (C=O) groups is 1. The van der Waals surface area contributed by atoms with Crippen molar-refractivity contribution in [3.63, 3.8) is 0 Å². The molecule has 1 aromatic carbocycles. The smallest absolute Gasteiger partial charge is 0.249 e. The Bertz CT molecular complexity index is 633. The third-order valence-corrected chi connectivity index (χ3v) is 3.18. The van der Waals surface area contributed by atoms with E-state index in [-0.39, 0.29) is 24.0 Å². The van der Waals surface area contributed by atoms with Crippen LogP contribution in [0.3, 0.4) is 0 Å². The summed E-state index contributed by atoms with van der Waals surface area (Å²) < 4.78 is 5.42. The predicted octanol–water partition coefficient (Wildman–Crippen LogP) is 3.38. The highest BCUT2D eigenvalue weighted by molar-refractivity contribution is 6.30. The minimum Gasteiger partial charge on any atom is -0.502 e. The predicted molar refractivity (Wildman–Crippen MR) is 76.2 cm³/mol. The third-order valence-electron chi connectivity index (χ3n) is 2.93. The van der Waals surface area contributed by atoms with Crippen molar-refractivity contribution >= 4 is 23.4 Å². The SMILES string of the molecule is CCC(=O)N(C)c1oc(-c2ccc(Cl)cc2)c(O)c1O. The van der Waals surface area contributed by atoms with Crippen molar-refractivity contribution in [3.8, 4) is 22.8 Å². The van der Waals surface area contributed by atoms with E-state index in [1.165, 1.54) is 7.05 Å². The van der Waals surface area contributed by atoms with Crippen LogP contribution in [0.15, 0.2) is 28.7 Å². The summed E-state index contributed by atoms with van der Waals surface area (Å²) in [5.74, 6) is -1.10. The van der Waals surface area contributed by atoms with Crippen LogP contribution in [0.4, 0.5) is 5.88 Å². The number of carbonyl (C=O) groups excluding carboxylic acids is 1. The molecule has 0 radical (unpaired) electrons. The number of benzene rings is 1. The molecule has 2 N–H and O–H groups in total. The third kappa shape index (κ3) is 2.44. The Morgan fingerprint density at radius 2 is 1.85 bits per heavy atom. The van der Waals surface area contributed by atoms with Crippen LogP contribution in [0.2, 0.25) is 5.02 Å². The number of aromatic hydroxyl groups is 2. The van der Waals surface area contributed by atoms with Gasteiger partial charge in [0.15, 0.2) is 5.76 Å². The molecule has 0 saturated carbocycles. The summed E-state index contributed by atoms with van der Waals surface area (Å²) in [5.41, 5.74) is 0.547. The van der Waals surface area contributed by atoms with Crippen LogP contribution >= 0.6 is 11.6 Å². The van der Waals surface area contributed by atoms with E-state index in [1.807, 2.05) is 0 Å². The zero-order valence-corrected chi connectivity index (χ0v) is 11.8. The molecule has 2 aromatic rings. The number of hydrogen-bond donors (Lipinski definition) is 2. The van der Waals surface area contributed by atoms with E-state index >= 15 is 0 Å². The van der Waals surface area contributed by atoms with E-state index < -0.39 is 11.5 Å². The van der Waals surface area contributed by atoms with Gasteiger partial charge in [-0.3, -0.25) is 9.69 Å². The molecule has 0 unspecified atom stereocenters. The first-order valence-corrected chi connectivity index (χ1v) is 6.40. The Kier molecular flexibility index (Phi) is 3.90. The number of rotatable bonds is 3. The normalized spacial score (nSPS) is 10.6. The van der Waals surface area contributed by atoms with Crippen molar-refractivity contribution in [1.29, 1.82) is 0 Å². The first kappa shape index (κ1) is 14.3. The summed E-state index contributed by atoms with van der Waals surface area (Å²) >= 11 is 5.79. The molecule has 20 heavy (non-hydrogen) atoms. The zero-order valence-electron chi connectivity index (χ0n) is 11.1. The van der Waals surface area contributed by atoms with Gasteiger partial charge in [-0.15, -0.1) is 0 Å². The molecule has 0 aliphatic heterocycles. The highest BCUT2D eigenvalue weighted by Crippen LogP contribution is 2.46. The Hall–Kier alpha value is -2.14. The van der Waals surface area contributed by atoms with Gasteiger partial charge in [0.1, 0.15) is 0 Å². The Labute approximate surface area is 121 Å². The second kappa shape index (κ2) is 5.46. The van der Waals surface area contributed by atoms with Gasteiger partial charge in [0.2, 0.25) is 23.3 Å². The van der Waals surface area contributed by atoms with Crippen LogP contribution in [0.25, 0.3) is 11.3 Å². The molecule has 106 valence electrons. The molecule has 0 aliphatic rings. The quantitative estimate of drug-likeness (QED) is 0.910. The minimum atomic E-state index is -0.459. The van der Waals surface area contributed by atoms with Crippen molar-refractivity contribution in [1.82, 2.24) is 0 Å². The van der Waals surface area contributed by atoms with E-state index in [0.29, 0.717) is 10.6 Å². The highest BCUT2D eigenvalue weighted by atomic mass is 35.5. The van der Waals surface area contributed by atoms with Crippen LogP contribution in [0.5, 0.6) is 11.5 Å². The van der Waals surface area contributed by atoms with Crippen LogP contribution in [-0.4, -0.2) is 23.2 Å². The molecule has 0 bridgehead atoms. The lowest BCUT2D eigenvalue weighted by Crippen LogP contribution is -2.24. The summed E-state index contributed by atoms with van der Waals surface area (Å²) in [6.07, 6.45) is 0.258. The van der Waals surface area contributed by atoms with Crippen molar-refractivity contribution in [2.24, 2.45) is 0 Å². The molecule has 0 fully saturated rings. The largest absolute Gasteiger partial charge is 0.502 e. The van der Waals surface area contributed by atoms with Crippen molar-refractivity contribution < 1.29 is 19.4 Å². The molecular formula is C14H14ClNO4. The molecule has 1 heterocycles. The van der Waals surface area contributed by atoms with Gasteiger partial charge in [-0.25, -0.2) is 0 Å². The van der Waals surface area contributed by atoms with Gasteiger partial charge >= 0.3 is 0 Å². The lowest BCUT2D eigenvalue weighted by Gasteiger charge is -2.12. The van der Waals surface area contributed by atoms with Crippen molar-refractivity contribution in [3.05, 3.63) is 29.3 Å². The van der Waals surface area contributed by atoms with Gasteiger partial charge in [-0.1, -0.05) is 18.5 Å². The van der Waals surface area contributed by atoms with E-state index in [2.05, 4.69) is 0 Å². The highest BCUT2D eigenvalue weighted by Gasteiger charge is 2.25. The number of halogens is 1. The fourth-order valence-corrected chi connectivity index (χ4v) is 1.90. The van der Waals surface area contributed by atoms with E-state index in [0.717, 1.165) is 4.90 Å². The van der Waals surface area contributed by atoms with Gasteiger partial charge in [-0.05, 0) is 24.3 Å². The van der Waals surface area contributed by atoms with Crippen molar-refractivity contribution in [2.45, 2.75) is 13.3 Å². The molecule has 0 saturated heterocycles. The zero-order chi connectivity index (χ0) is 14.9. The molecule has 0 spiro atoms. The molecule has 5 nitrogen and oxygen atoms in total. The van der Waals surface area contributed by atoms with E-state index in [1.54, 1.807) is 31.2 Å². The van der Waals surface area contributed by atoms with Gasteiger partial charge < -0.3 is 14.6 Å². The average molecular weight is 296 g/mol. The lowest BCUT2D eigenvalue weighted by molar-refractivity contribution is -0.118. The molecule has 1 amide bonds. The number of anilines is 1. The van der Waals surface area contributed by atoms with Gasteiger partial charge in [0, 0.05) is 24.1 Å². The lowest BCUT2D eigenvalue weighted by atomic mass is 10.1. The summed E-state index contributed by atoms with van der Waals surface area (Å²) in [4.78, 5) is 12.8. The van der Waals surface area contributed by atoms with Crippen LogP contribution in [-0.2, 0) is 4.79 Å². The topological polar surface area (TPSA) is 73.9 Å². The maximum absolute atomic E-state index is 11.6. The second-order valence-corrected chi connectivity index (χ2v) is 4.68. The fraction of sp³-hybridized carbons (Fsp3) is 0.214. The Morgan fingerprint density at radius 3 is 2.40 bits per heavy atom. The maximum Gasteiger partial charge on any atom is 0.249 e. The maximum atomic E-state index is 11.6. The average Bonchev–Trinajstić information content (AvgIpc) is 2.75. The monoisotopic (exact) mass is 295 g/mol. The molecule has 2 rings (SSSR count). The van der Waals surface area contributed by atoms with Gasteiger partial charge in [0.25, 0.3) is 0 Å². The molecule has 0 atom stereocenters. The standard InChI is InChI=1S/C14H14ClNO4/c1-3-10(17)16(2)14-12(19)11(18)13(20-14)8-4-6-9(15)7-5-8/h4-7,18-19H,3H2,1-2H3. The van der Waals surface area contributed by atoms with Crippen LogP contribution in [0, 0.1) is 0 Å². The summed E-state index contributed by atoms with van der Waals surface area (Å²) in [6, 6.07) is 6.56. The fourth-order valence-electron chi connectivity index (χ4n) is 1.78. The Balaban J connectivity index is 2.47. The minimum absolute atomic E-state index is 0.0840. The summed E-state index contributed by atoms with van der Waals surface area (Å²) in [5, 5.41) is 20.4. The first-order valence-electron chi connectivity index (χ1n) is 6.03. The molecule has 6 heteroatoms. The van der Waals surface area contributed by atoms with Crippen LogP contribution in [0.1, 0.15) is 13.3 Å².